The molecule has 0 saturated carbocycles. The molecule has 2 nitrogen and oxygen atoms in total. The van der Waals surface area contributed by atoms with Crippen LogP contribution in [0.1, 0.15) is 33.6 Å². The minimum absolute atomic E-state index is 0.666. The molecule has 1 heterocycles. The van der Waals surface area contributed by atoms with E-state index in [9.17, 15) is 0 Å². The van der Waals surface area contributed by atoms with E-state index in [0.29, 0.717) is 12.1 Å². The van der Waals surface area contributed by atoms with E-state index in [-0.39, 0.29) is 0 Å². The van der Waals surface area contributed by atoms with Gasteiger partial charge in [0.25, 0.3) is 0 Å². The Morgan fingerprint density at radius 3 is 2.33 bits per heavy atom. The quantitative estimate of drug-likeness (QED) is 0.699. The summed E-state index contributed by atoms with van der Waals surface area (Å²) in [5.74, 6) is 0.774. The highest BCUT2D eigenvalue weighted by Crippen LogP contribution is 2.19. The maximum Gasteiger partial charge on any atom is 0.0495 e. The molecular formula is C10H21NO. The van der Waals surface area contributed by atoms with Crippen LogP contribution < -0.4 is 5.32 Å². The van der Waals surface area contributed by atoms with Crippen molar-refractivity contribution in [3.63, 3.8) is 0 Å². The van der Waals surface area contributed by atoms with Gasteiger partial charge in [-0.2, -0.15) is 0 Å². The van der Waals surface area contributed by atoms with Gasteiger partial charge >= 0.3 is 0 Å². The summed E-state index contributed by atoms with van der Waals surface area (Å²) in [5, 5.41) is 3.53. The van der Waals surface area contributed by atoms with Crippen LogP contribution in [0, 0.1) is 5.92 Å². The van der Waals surface area contributed by atoms with Crippen LogP contribution >= 0.6 is 0 Å². The molecule has 0 radical (unpaired) electrons. The van der Waals surface area contributed by atoms with Gasteiger partial charge in [-0.25, -0.2) is 0 Å². The summed E-state index contributed by atoms with van der Waals surface area (Å²) in [6.45, 7) is 8.39. The van der Waals surface area contributed by atoms with Crippen LogP contribution in [0.3, 0.4) is 0 Å². The minimum atomic E-state index is 0.666. The minimum Gasteiger partial charge on any atom is -0.381 e. The van der Waals surface area contributed by atoms with Crippen molar-refractivity contribution >= 4 is 0 Å². The van der Waals surface area contributed by atoms with E-state index in [0.717, 1.165) is 19.1 Å². The molecule has 2 heteroatoms. The van der Waals surface area contributed by atoms with Crippen molar-refractivity contribution in [3.8, 4) is 0 Å². The predicted octanol–water partition coefficient (Wildman–Crippen LogP) is 1.80. The van der Waals surface area contributed by atoms with Gasteiger partial charge in [0.05, 0.1) is 0 Å². The fourth-order valence-corrected chi connectivity index (χ4v) is 2.14. The van der Waals surface area contributed by atoms with Crippen LogP contribution in [-0.2, 0) is 4.74 Å². The van der Waals surface area contributed by atoms with Gasteiger partial charge in [-0.05, 0) is 39.5 Å². The second-order valence-corrected chi connectivity index (χ2v) is 3.97. The second kappa shape index (κ2) is 4.83. The molecule has 1 N–H and O–H groups in total. The van der Waals surface area contributed by atoms with Crippen molar-refractivity contribution in [2.24, 2.45) is 5.92 Å². The first-order chi connectivity index (χ1) is 5.72. The molecular weight excluding hydrogens is 150 g/mol. The maximum absolute atomic E-state index is 5.44. The monoisotopic (exact) mass is 171 g/mol. The molecule has 0 aromatic carbocycles. The largest absolute Gasteiger partial charge is 0.381 e. The zero-order valence-corrected chi connectivity index (χ0v) is 8.47. The Morgan fingerprint density at radius 1 is 1.25 bits per heavy atom. The van der Waals surface area contributed by atoms with Gasteiger partial charge in [-0.3, -0.25) is 0 Å². The third-order valence-electron chi connectivity index (χ3n) is 2.50. The Hall–Kier alpha value is -0.0800. The Bertz CT molecular complexity index is 117. The lowest BCUT2D eigenvalue weighted by atomic mass is 9.90. The predicted molar refractivity (Wildman–Crippen MR) is 51.3 cm³/mol. The highest BCUT2D eigenvalue weighted by atomic mass is 16.5. The number of hydrogen-bond acceptors (Lipinski definition) is 2. The van der Waals surface area contributed by atoms with Crippen LogP contribution in [0.4, 0.5) is 0 Å². The average Bonchev–Trinajstić information content (AvgIpc) is 1.99. The highest BCUT2D eigenvalue weighted by Gasteiger charge is 2.22. The first-order valence-corrected chi connectivity index (χ1v) is 5.06. The summed E-state index contributed by atoms with van der Waals surface area (Å²) in [4.78, 5) is 0. The third-order valence-corrected chi connectivity index (χ3v) is 2.50. The maximum atomic E-state index is 5.44. The van der Waals surface area contributed by atoms with E-state index >= 15 is 0 Å². The number of piperidine rings is 1. The van der Waals surface area contributed by atoms with Crippen molar-refractivity contribution in [3.05, 3.63) is 0 Å². The molecule has 0 aromatic rings. The molecule has 2 unspecified atom stereocenters. The molecule has 0 bridgehead atoms. The summed E-state index contributed by atoms with van der Waals surface area (Å²) in [7, 11) is 0. The lowest BCUT2D eigenvalue weighted by Crippen LogP contribution is -2.43. The lowest BCUT2D eigenvalue weighted by Gasteiger charge is -2.32. The van der Waals surface area contributed by atoms with Crippen molar-refractivity contribution < 1.29 is 4.74 Å². The highest BCUT2D eigenvalue weighted by molar-refractivity contribution is 4.80. The smallest absolute Gasteiger partial charge is 0.0495 e. The Morgan fingerprint density at radius 2 is 1.83 bits per heavy atom. The van der Waals surface area contributed by atoms with Crippen molar-refractivity contribution in [1.29, 1.82) is 0 Å². The van der Waals surface area contributed by atoms with Gasteiger partial charge in [0.15, 0.2) is 0 Å². The van der Waals surface area contributed by atoms with Crippen LogP contribution in [0.15, 0.2) is 0 Å². The van der Waals surface area contributed by atoms with E-state index < -0.39 is 0 Å². The topological polar surface area (TPSA) is 21.3 Å². The molecule has 1 aliphatic rings. The Labute approximate surface area is 75.7 Å². The standard InChI is InChI=1S/C10H21NO/c1-4-12-7-10-5-8(2)11-9(3)6-10/h8-11H,4-7H2,1-3H3. The van der Waals surface area contributed by atoms with E-state index in [1.54, 1.807) is 0 Å². The summed E-state index contributed by atoms with van der Waals surface area (Å²) < 4.78 is 5.44. The molecule has 1 aliphatic heterocycles. The van der Waals surface area contributed by atoms with Gasteiger partial charge in [0.2, 0.25) is 0 Å². The molecule has 72 valence electrons. The fraction of sp³-hybridized carbons (Fsp3) is 1.00. The summed E-state index contributed by atoms with van der Waals surface area (Å²) >= 11 is 0. The number of nitrogens with one attached hydrogen (secondary N) is 1. The lowest BCUT2D eigenvalue weighted by molar-refractivity contribution is 0.0830. The molecule has 2 atom stereocenters. The van der Waals surface area contributed by atoms with Crippen molar-refractivity contribution in [1.82, 2.24) is 5.32 Å². The number of ether oxygens (including phenoxy) is 1. The molecule has 0 aliphatic carbocycles. The van der Waals surface area contributed by atoms with Gasteiger partial charge in [-0.15, -0.1) is 0 Å². The third kappa shape index (κ3) is 3.11. The first kappa shape index (κ1) is 10.0. The Balaban J connectivity index is 2.24. The van der Waals surface area contributed by atoms with Gasteiger partial charge in [-0.1, -0.05) is 0 Å². The fourth-order valence-electron chi connectivity index (χ4n) is 2.14. The molecule has 0 aromatic heterocycles. The van der Waals surface area contributed by atoms with Crippen molar-refractivity contribution in [2.75, 3.05) is 13.2 Å². The average molecular weight is 171 g/mol. The number of rotatable bonds is 3. The molecule has 1 rings (SSSR count). The SMILES string of the molecule is CCOCC1CC(C)NC(C)C1. The van der Waals surface area contributed by atoms with E-state index in [2.05, 4.69) is 26.1 Å². The van der Waals surface area contributed by atoms with Gasteiger partial charge < -0.3 is 10.1 Å². The van der Waals surface area contributed by atoms with Gasteiger partial charge in [0, 0.05) is 25.3 Å². The molecule has 0 spiro atoms. The molecule has 12 heavy (non-hydrogen) atoms. The summed E-state index contributed by atoms with van der Waals surface area (Å²) in [6.07, 6.45) is 2.54. The van der Waals surface area contributed by atoms with E-state index in [1.807, 2.05) is 0 Å². The van der Waals surface area contributed by atoms with Crippen LogP contribution in [0.2, 0.25) is 0 Å². The Kier molecular flexibility index (Phi) is 4.02. The zero-order chi connectivity index (χ0) is 8.97. The van der Waals surface area contributed by atoms with Crippen LogP contribution in [0.5, 0.6) is 0 Å². The second-order valence-electron chi connectivity index (χ2n) is 3.97. The van der Waals surface area contributed by atoms with Gasteiger partial charge in [0.1, 0.15) is 0 Å². The van der Waals surface area contributed by atoms with E-state index in [1.165, 1.54) is 12.8 Å². The molecule has 1 fully saturated rings. The molecule has 0 amide bonds. The van der Waals surface area contributed by atoms with Crippen LogP contribution in [0.25, 0.3) is 0 Å². The number of hydrogen-bond donors (Lipinski definition) is 1. The first-order valence-electron chi connectivity index (χ1n) is 5.06. The normalized spacial score (nSPS) is 36.8. The zero-order valence-electron chi connectivity index (χ0n) is 8.47. The van der Waals surface area contributed by atoms with Crippen LogP contribution in [-0.4, -0.2) is 25.3 Å². The van der Waals surface area contributed by atoms with Crippen molar-refractivity contribution in [2.45, 2.75) is 45.7 Å². The summed E-state index contributed by atoms with van der Waals surface area (Å²) in [5.41, 5.74) is 0. The summed E-state index contributed by atoms with van der Waals surface area (Å²) in [6, 6.07) is 1.33. The van der Waals surface area contributed by atoms with E-state index in [4.69, 9.17) is 4.74 Å². The molecule has 1 saturated heterocycles.